The van der Waals surface area contributed by atoms with Gasteiger partial charge in [0, 0.05) is 12.6 Å². The lowest BCUT2D eigenvalue weighted by molar-refractivity contribution is -0.0512. The van der Waals surface area contributed by atoms with Crippen LogP contribution < -0.4 is 14.8 Å². The number of alkyl halides is 2. The Morgan fingerprint density at radius 2 is 1.79 bits per heavy atom. The highest BCUT2D eigenvalue weighted by Gasteiger charge is 2.12. The van der Waals surface area contributed by atoms with E-state index < -0.39 is 6.61 Å². The van der Waals surface area contributed by atoms with Crippen molar-refractivity contribution in [2.45, 2.75) is 26.1 Å². The molecule has 0 radical (unpaired) electrons. The average molecular weight is 376 g/mol. The van der Waals surface area contributed by atoms with Gasteiger partial charge in [-0.1, -0.05) is 35.3 Å². The number of hydrogen-bond acceptors (Lipinski definition) is 3. The van der Waals surface area contributed by atoms with Gasteiger partial charge in [0.25, 0.3) is 0 Å². The van der Waals surface area contributed by atoms with Crippen LogP contribution in [0.2, 0.25) is 10.0 Å². The Labute approximate surface area is 149 Å². The van der Waals surface area contributed by atoms with Gasteiger partial charge in [-0.05, 0) is 42.3 Å². The van der Waals surface area contributed by atoms with Crippen LogP contribution in [0, 0.1) is 0 Å². The number of hydrogen-bond donors (Lipinski definition) is 1. The zero-order valence-electron chi connectivity index (χ0n) is 13.2. The molecule has 0 heterocycles. The van der Waals surface area contributed by atoms with Crippen LogP contribution in [0.5, 0.6) is 11.5 Å². The van der Waals surface area contributed by atoms with Gasteiger partial charge in [0.1, 0.15) is 0 Å². The van der Waals surface area contributed by atoms with Crippen molar-refractivity contribution in [1.29, 1.82) is 0 Å². The molecule has 3 nitrogen and oxygen atoms in total. The fourth-order valence-corrected chi connectivity index (χ4v) is 2.49. The Kier molecular flexibility index (Phi) is 6.66. The second-order valence-electron chi connectivity index (χ2n) is 5.14. The Bertz CT molecular complexity index is 698. The lowest BCUT2D eigenvalue weighted by Crippen LogP contribution is -2.18. The van der Waals surface area contributed by atoms with Crippen molar-refractivity contribution >= 4 is 23.2 Å². The molecule has 2 aromatic carbocycles. The predicted molar refractivity (Wildman–Crippen MR) is 91.3 cm³/mol. The molecule has 130 valence electrons. The van der Waals surface area contributed by atoms with Crippen molar-refractivity contribution in [3.05, 3.63) is 57.6 Å². The third kappa shape index (κ3) is 4.97. The molecule has 0 spiro atoms. The molecule has 0 amide bonds. The largest absolute Gasteiger partial charge is 0.493 e. The van der Waals surface area contributed by atoms with Gasteiger partial charge in [0.15, 0.2) is 11.5 Å². The molecule has 0 aromatic heterocycles. The normalized spacial score (nSPS) is 12.3. The van der Waals surface area contributed by atoms with Gasteiger partial charge in [-0.3, -0.25) is 0 Å². The summed E-state index contributed by atoms with van der Waals surface area (Å²) in [5.41, 5.74) is 1.87. The van der Waals surface area contributed by atoms with Gasteiger partial charge >= 0.3 is 6.61 Å². The van der Waals surface area contributed by atoms with Crippen LogP contribution in [0.3, 0.4) is 0 Å². The summed E-state index contributed by atoms with van der Waals surface area (Å²) < 4.78 is 34.2. The predicted octanol–water partition coefficient (Wildman–Crippen LogP) is 5.45. The molecule has 1 unspecified atom stereocenters. The maximum atomic E-state index is 12.3. The highest BCUT2D eigenvalue weighted by atomic mass is 35.5. The van der Waals surface area contributed by atoms with Crippen molar-refractivity contribution in [3.63, 3.8) is 0 Å². The van der Waals surface area contributed by atoms with Crippen molar-refractivity contribution in [3.8, 4) is 11.5 Å². The van der Waals surface area contributed by atoms with Crippen LogP contribution >= 0.6 is 23.2 Å². The highest BCUT2D eigenvalue weighted by molar-refractivity contribution is 6.42. The van der Waals surface area contributed by atoms with Crippen LogP contribution in [0.25, 0.3) is 0 Å². The number of benzene rings is 2. The smallest absolute Gasteiger partial charge is 0.387 e. The third-order valence-corrected chi connectivity index (χ3v) is 4.24. The van der Waals surface area contributed by atoms with Crippen LogP contribution in [0.4, 0.5) is 8.78 Å². The minimum absolute atomic E-state index is 0.00813. The van der Waals surface area contributed by atoms with Gasteiger partial charge in [-0.25, -0.2) is 0 Å². The fraction of sp³-hybridized carbons (Fsp3) is 0.294. The van der Waals surface area contributed by atoms with Gasteiger partial charge in [0.2, 0.25) is 0 Å². The Hall–Kier alpha value is -1.56. The van der Waals surface area contributed by atoms with Crippen LogP contribution in [-0.2, 0) is 6.54 Å². The summed E-state index contributed by atoms with van der Waals surface area (Å²) in [5.74, 6) is 0.269. The van der Waals surface area contributed by atoms with E-state index in [0.717, 1.165) is 11.1 Å². The summed E-state index contributed by atoms with van der Waals surface area (Å²) in [7, 11) is 1.41. The molecule has 0 fully saturated rings. The number of halogens is 4. The van der Waals surface area contributed by atoms with Crippen LogP contribution in [0.15, 0.2) is 36.4 Å². The van der Waals surface area contributed by atoms with Crippen molar-refractivity contribution in [2.24, 2.45) is 0 Å². The molecule has 2 aromatic rings. The van der Waals surface area contributed by atoms with Gasteiger partial charge in [0.05, 0.1) is 17.2 Å². The number of rotatable bonds is 7. The number of nitrogens with one attached hydrogen (secondary N) is 1. The van der Waals surface area contributed by atoms with Crippen LogP contribution in [0.1, 0.15) is 24.1 Å². The molecule has 7 heteroatoms. The van der Waals surface area contributed by atoms with E-state index in [0.29, 0.717) is 16.6 Å². The van der Waals surface area contributed by atoms with Gasteiger partial charge < -0.3 is 14.8 Å². The number of methoxy groups -OCH3 is 1. The molecule has 2 rings (SSSR count). The SMILES string of the molecule is COc1cc(CNC(C)c2ccc(Cl)c(Cl)c2)ccc1OC(F)F. The topological polar surface area (TPSA) is 30.5 Å². The first-order chi connectivity index (χ1) is 11.4. The molecule has 1 N–H and O–H groups in total. The van der Waals surface area contributed by atoms with E-state index in [-0.39, 0.29) is 17.5 Å². The van der Waals surface area contributed by atoms with E-state index >= 15 is 0 Å². The van der Waals surface area contributed by atoms with E-state index in [9.17, 15) is 8.78 Å². The molecule has 0 saturated heterocycles. The molecule has 0 aliphatic heterocycles. The first-order valence-corrected chi connectivity index (χ1v) is 7.96. The van der Waals surface area contributed by atoms with E-state index in [4.69, 9.17) is 27.9 Å². The zero-order chi connectivity index (χ0) is 17.7. The van der Waals surface area contributed by atoms with E-state index in [1.165, 1.54) is 13.2 Å². The van der Waals surface area contributed by atoms with Crippen molar-refractivity contribution < 1.29 is 18.3 Å². The average Bonchev–Trinajstić information content (AvgIpc) is 2.55. The first kappa shape index (κ1) is 18.8. The molecule has 0 saturated carbocycles. The second-order valence-corrected chi connectivity index (χ2v) is 5.95. The second kappa shape index (κ2) is 8.51. The minimum Gasteiger partial charge on any atom is -0.493 e. The molecule has 0 aliphatic rings. The van der Waals surface area contributed by atoms with E-state index in [2.05, 4.69) is 10.1 Å². The molecule has 24 heavy (non-hydrogen) atoms. The zero-order valence-corrected chi connectivity index (χ0v) is 14.7. The van der Waals surface area contributed by atoms with Gasteiger partial charge in [-0.2, -0.15) is 8.78 Å². The highest BCUT2D eigenvalue weighted by Crippen LogP contribution is 2.30. The summed E-state index contributed by atoms with van der Waals surface area (Å²) in [4.78, 5) is 0. The lowest BCUT2D eigenvalue weighted by Gasteiger charge is -2.16. The summed E-state index contributed by atoms with van der Waals surface area (Å²) in [6, 6.07) is 10.3. The first-order valence-electron chi connectivity index (χ1n) is 7.20. The maximum Gasteiger partial charge on any atom is 0.387 e. The molecule has 0 aliphatic carbocycles. The Morgan fingerprint density at radius 1 is 1.04 bits per heavy atom. The fourth-order valence-electron chi connectivity index (χ4n) is 2.19. The van der Waals surface area contributed by atoms with Crippen LogP contribution in [-0.4, -0.2) is 13.7 Å². The van der Waals surface area contributed by atoms with Crippen molar-refractivity contribution in [1.82, 2.24) is 5.32 Å². The minimum atomic E-state index is -2.89. The molecule has 0 bridgehead atoms. The van der Waals surface area contributed by atoms with E-state index in [1.807, 2.05) is 19.1 Å². The van der Waals surface area contributed by atoms with Gasteiger partial charge in [-0.15, -0.1) is 0 Å². The summed E-state index contributed by atoms with van der Waals surface area (Å²) in [5, 5.41) is 4.33. The maximum absolute atomic E-state index is 12.3. The molecule has 1 atom stereocenters. The number of ether oxygens (including phenoxy) is 2. The standard InChI is InChI=1S/C17H17Cl2F2NO2/c1-10(12-4-5-13(18)14(19)8-12)22-9-11-3-6-15(24-17(20)21)16(7-11)23-2/h3-8,10,17,22H,9H2,1-2H3. The van der Waals surface area contributed by atoms with E-state index in [1.54, 1.807) is 18.2 Å². The lowest BCUT2D eigenvalue weighted by atomic mass is 10.1. The summed E-state index contributed by atoms with van der Waals surface area (Å²) >= 11 is 11.9. The quantitative estimate of drug-likeness (QED) is 0.697. The Balaban J connectivity index is 2.04. The summed E-state index contributed by atoms with van der Waals surface area (Å²) in [6.07, 6.45) is 0. The monoisotopic (exact) mass is 375 g/mol. The third-order valence-electron chi connectivity index (χ3n) is 3.50. The van der Waals surface area contributed by atoms with Crippen molar-refractivity contribution in [2.75, 3.05) is 7.11 Å². The molecular weight excluding hydrogens is 359 g/mol. The Morgan fingerprint density at radius 3 is 2.42 bits per heavy atom. The summed E-state index contributed by atoms with van der Waals surface area (Å²) in [6.45, 7) is -0.379. The molecular formula is C17H17Cl2F2NO2.